The van der Waals surface area contributed by atoms with Crippen molar-refractivity contribution in [2.24, 2.45) is 0 Å². The van der Waals surface area contributed by atoms with Gasteiger partial charge in [0.25, 0.3) is 0 Å². The van der Waals surface area contributed by atoms with Gasteiger partial charge in [-0.2, -0.15) is 31.3 Å². The molecular weight excluding hydrogens is 440 g/mol. The first kappa shape index (κ1) is 21.8. The quantitative estimate of drug-likeness (QED) is 0.502. The lowest BCUT2D eigenvalue weighted by molar-refractivity contribution is -0.138. The minimum atomic E-state index is -4.46. The molecule has 1 unspecified atom stereocenters. The van der Waals surface area contributed by atoms with Crippen LogP contribution in [0.25, 0.3) is 11.4 Å². The van der Waals surface area contributed by atoms with E-state index in [9.17, 15) is 31.1 Å². The smallest absolute Gasteiger partial charge is 0.339 e. The summed E-state index contributed by atoms with van der Waals surface area (Å²) < 4.78 is 81.4. The van der Waals surface area contributed by atoms with E-state index in [-0.39, 0.29) is 37.1 Å². The highest BCUT2D eigenvalue weighted by molar-refractivity contribution is 5.79. The van der Waals surface area contributed by atoms with Crippen LogP contribution in [0, 0.1) is 0 Å². The number of carbonyl (C=O) groups excluding carboxylic acids is 1. The van der Waals surface area contributed by atoms with Crippen molar-refractivity contribution in [1.29, 1.82) is 0 Å². The molecule has 0 spiro atoms. The summed E-state index contributed by atoms with van der Waals surface area (Å²) in [5.41, 5.74) is -0.694. The highest BCUT2D eigenvalue weighted by atomic mass is 19.4. The summed E-state index contributed by atoms with van der Waals surface area (Å²) in [4.78, 5) is 18.0. The second kappa shape index (κ2) is 7.95. The fraction of sp³-hybridized carbons (Fsp3) is 0.286. The maximum Gasteiger partial charge on any atom is 0.416 e. The molecule has 3 aromatic rings. The molecule has 0 aliphatic carbocycles. The van der Waals surface area contributed by atoms with Crippen LogP contribution in [-0.4, -0.2) is 27.5 Å². The van der Waals surface area contributed by atoms with Crippen LogP contribution in [-0.2, 0) is 23.7 Å². The van der Waals surface area contributed by atoms with Crippen molar-refractivity contribution in [3.05, 3.63) is 71.1 Å². The van der Waals surface area contributed by atoms with E-state index in [0.717, 1.165) is 24.3 Å². The lowest BCUT2D eigenvalue weighted by Gasteiger charge is -2.16. The number of amides is 1. The molecule has 11 heteroatoms. The van der Waals surface area contributed by atoms with Gasteiger partial charge in [-0.05, 0) is 29.8 Å². The number of hydrogen-bond acceptors (Lipinski definition) is 4. The van der Waals surface area contributed by atoms with Crippen LogP contribution < -0.4 is 0 Å². The maximum absolute atomic E-state index is 12.7. The first-order chi connectivity index (χ1) is 15.0. The molecule has 1 atom stereocenters. The molecule has 1 saturated heterocycles. The van der Waals surface area contributed by atoms with E-state index in [1.165, 1.54) is 29.2 Å². The van der Waals surface area contributed by atoms with Crippen molar-refractivity contribution in [3.8, 4) is 11.4 Å². The summed E-state index contributed by atoms with van der Waals surface area (Å²) in [5.74, 6) is -0.373. The molecule has 1 aliphatic heterocycles. The number of alkyl halides is 6. The molecule has 1 amide bonds. The monoisotopic (exact) mass is 455 g/mol. The highest BCUT2D eigenvalue weighted by Gasteiger charge is 2.35. The SMILES string of the molecule is O=C1CC(c2nc(-c3ccc(C(F)(F)F)cc3)no2)CN1Cc1ccc(C(F)(F)F)cc1. The molecular formula is C21H15F6N3O2. The van der Waals surface area contributed by atoms with E-state index in [1.807, 2.05) is 0 Å². The third-order valence-corrected chi connectivity index (χ3v) is 5.13. The Hall–Kier alpha value is -3.37. The van der Waals surface area contributed by atoms with Crippen LogP contribution in [0.3, 0.4) is 0 Å². The summed E-state index contributed by atoms with van der Waals surface area (Å²) in [7, 11) is 0. The summed E-state index contributed by atoms with van der Waals surface area (Å²) in [6, 6.07) is 8.84. The minimum absolute atomic E-state index is 0.0787. The fourth-order valence-electron chi connectivity index (χ4n) is 3.44. The zero-order valence-electron chi connectivity index (χ0n) is 16.2. The van der Waals surface area contributed by atoms with Gasteiger partial charge in [-0.15, -0.1) is 0 Å². The third kappa shape index (κ3) is 4.61. The first-order valence-electron chi connectivity index (χ1n) is 9.46. The normalized spacial score (nSPS) is 17.2. The van der Waals surface area contributed by atoms with Crippen LogP contribution in [0.5, 0.6) is 0 Å². The Bertz CT molecular complexity index is 1100. The lowest BCUT2D eigenvalue weighted by atomic mass is 10.1. The molecule has 4 rings (SSSR count). The van der Waals surface area contributed by atoms with Gasteiger partial charge in [-0.1, -0.05) is 29.4 Å². The molecule has 0 N–H and O–H groups in total. The van der Waals surface area contributed by atoms with Crippen molar-refractivity contribution in [1.82, 2.24) is 15.0 Å². The Morgan fingerprint density at radius 1 is 0.906 bits per heavy atom. The van der Waals surface area contributed by atoms with Gasteiger partial charge in [-0.25, -0.2) is 0 Å². The molecule has 5 nitrogen and oxygen atoms in total. The minimum Gasteiger partial charge on any atom is -0.339 e. The van der Waals surface area contributed by atoms with Crippen LogP contribution in [0.4, 0.5) is 26.3 Å². The standard InChI is InChI=1S/C21H15F6N3O2/c22-20(23,24)15-5-1-12(2-6-15)10-30-11-14(9-17(30)31)19-28-18(29-32-19)13-3-7-16(8-4-13)21(25,26)27/h1-8,14H,9-11H2. The number of carbonyl (C=O) groups is 1. The number of hydrogen-bond donors (Lipinski definition) is 0. The van der Waals surface area contributed by atoms with E-state index in [0.29, 0.717) is 11.1 Å². The Morgan fingerprint density at radius 2 is 1.47 bits per heavy atom. The third-order valence-electron chi connectivity index (χ3n) is 5.13. The Labute approximate surface area is 177 Å². The molecule has 1 fully saturated rings. The molecule has 0 saturated carbocycles. The average Bonchev–Trinajstić information content (AvgIpc) is 3.35. The molecule has 0 radical (unpaired) electrons. The van der Waals surface area contributed by atoms with Crippen molar-refractivity contribution < 1.29 is 35.7 Å². The molecule has 0 bridgehead atoms. The van der Waals surface area contributed by atoms with Crippen molar-refractivity contribution in [2.75, 3.05) is 6.54 Å². The van der Waals surface area contributed by atoms with E-state index < -0.39 is 29.4 Å². The molecule has 2 aromatic carbocycles. The highest BCUT2D eigenvalue weighted by Crippen LogP contribution is 2.33. The number of likely N-dealkylation sites (tertiary alicyclic amines) is 1. The van der Waals surface area contributed by atoms with Crippen molar-refractivity contribution >= 4 is 5.91 Å². The van der Waals surface area contributed by atoms with Gasteiger partial charge < -0.3 is 9.42 Å². The number of halogens is 6. The summed E-state index contributed by atoms with van der Waals surface area (Å²) >= 11 is 0. The predicted molar refractivity (Wildman–Crippen MR) is 99.0 cm³/mol. The van der Waals surface area contributed by atoms with Crippen LogP contribution in [0.15, 0.2) is 53.1 Å². The van der Waals surface area contributed by atoms with Gasteiger partial charge >= 0.3 is 12.4 Å². The second-order valence-electron chi connectivity index (χ2n) is 7.40. The second-order valence-corrected chi connectivity index (χ2v) is 7.40. The van der Waals surface area contributed by atoms with E-state index in [1.54, 1.807) is 0 Å². The Morgan fingerprint density at radius 3 is 2.03 bits per heavy atom. The molecule has 2 heterocycles. The maximum atomic E-state index is 12.7. The van der Waals surface area contributed by atoms with Crippen molar-refractivity contribution in [3.63, 3.8) is 0 Å². The van der Waals surface area contributed by atoms with Gasteiger partial charge in [0.05, 0.1) is 17.0 Å². The van der Waals surface area contributed by atoms with Crippen LogP contribution >= 0.6 is 0 Å². The largest absolute Gasteiger partial charge is 0.416 e. The molecule has 168 valence electrons. The van der Waals surface area contributed by atoms with Crippen molar-refractivity contribution in [2.45, 2.75) is 31.2 Å². The number of benzene rings is 2. The number of rotatable bonds is 4. The van der Waals surface area contributed by atoms with Crippen LogP contribution in [0.2, 0.25) is 0 Å². The van der Waals surface area contributed by atoms with Gasteiger partial charge in [-0.3, -0.25) is 4.79 Å². The Kier molecular flexibility index (Phi) is 5.43. The summed E-state index contributed by atoms with van der Waals surface area (Å²) in [5, 5.41) is 3.79. The topological polar surface area (TPSA) is 59.2 Å². The van der Waals surface area contributed by atoms with Crippen LogP contribution in [0.1, 0.15) is 34.9 Å². The van der Waals surface area contributed by atoms with Gasteiger partial charge in [0.15, 0.2) is 0 Å². The number of nitrogens with zero attached hydrogens (tertiary/aromatic N) is 3. The summed E-state index contributed by atoms with van der Waals surface area (Å²) in [6.07, 6.45) is -8.81. The van der Waals surface area contributed by atoms with E-state index >= 15 is 0 Å². The number of aromatic nitrogens is 2. The van der Waals surface area contributed by atoms with Gasteiger partial charge in [0, 0.05) is 25.1 Å². The first-order valence-corrected chi connectivity index (χ1v) is 9.46. The fourth-order valence-corrected chi connectivity index (χ4v) is 3.44. The molecule has 32 heavy (non-hydrogen) atoms. The zero-order chi connectivity index (χ0) is 23.1. The zero-order valence-corrected chi connectivity index (χ0v) is 16.2. The van der Waals surface area contributed by atoms with E-state index in [4.69, 9.17) is 4.52 Å². The average molecular weight is 455 g/mol. The lowest BCUT2D eigenvalue weighted by Crippen LogP contribution is -2.24. The van der Waals surface area contributed by atoms with Gasteiger partial charge in [0.2, 0.25) is 17.6 Å². The van der Waals surface area contributed by atoms with Gasteiger partial charge in [0.1, 0.15) is 0 Å². The molecule has 1 aliphatic rings. The Balaban J connectivity index is 1.43. The van der Waals surface area contributed by atoms with E-state index in [2.05, 4.69) is 10.1 Å². The predicted octanol–water partition coefficient (Wildman–Crippen LogP) is 5.29. The molecule has 1 aromatic heterocycles. The summed E-state index contributed by atoms with van der Waals surface area (Å²) in [6.45, 7) is 0.363.